The van der Waals surface area contributed by atoms with Crippen LogP contribution in [-0.4, -0.2) is 17.0 Å². The minimum atomic E-state index is -1.00. The van der Waals surface area contributed by atoms with Crippen molar-refractivity contribution >= 4 is 17.6 Å². The molecule has 0 heterocycles. The number of rotatable bonds is 4. The molecule has 16 heavy (non-hydrogen) atoms. The van der Waals surface area contributed by atoms with Crippen LogP contribution in [0.2, 0.25) is 0 Å². The molecule has 2 N–H and O–H groups in total. The Balaban J connectivity index is 2.97. The fourth-order valence-corrected chi connectivity index (χ4v) is 1.34. The monoisotopic (exact) mass is 219 g/mol. The van der Waals surface area contributed by atoms with E-state index in [1.165, 1.54) is 12.1 Å². The van der Waals surface area contributed by atoms with Gasteiger partial charge in [-0.25, -0.2) is 4.79 Å². The van der Waals surface area contributed by atoms with Crippen LogP contribution < -0.4 is 5.32 Å². The first-order valence-electron chi connectivity index (χ1n) is 4.80. The van der Waals surface area contributed by atoms with Crippen molar-refractivity contribution in [3.63, 3.8) is 0 Å². The summed E-state index contributed by atoms with van der Waals surface area (Å²) in [7, 11) is 0. The molecule has 0 aliphatic carbocycles. The average molecular weight is 219 g/mol. The van der Waals surface area contributed by atoms with Crippen LogP contribution in [0.3, 0.4) is 0 Å². The zero-order valence-corrected chi connectivity index (χ0v) is 8.99. The molecule has 0 aliphatic heterocycles. The third-order valence-electron chi connectivity index (χ3n) is 2.17. The van der Waals surface area contributed by atoms with E-state index in [0.29, 0.717) is 11.3 Å². The molecule has 0 atom stereocenters. The number of carboxylic acid groups (broad SMARTS) is 1. The van der Waals surface area contributed by atoms with Crippen LogP contribution in [0.15, 0.2) is 30.9 Å². The lowest BCUT2D eigenvalue weighted by Gasteiger charge is -2.09. The topological polar surface area (TPSA) is 66.4 Å². The molecule has 4 heteroatoms. The second kappa shape index (κ2) is 5.11. The summed E-state index contributed by atoms with van der Waals surface area (Å²) >= 11 is 0. The van der Waals surface area contributed by atoms with Gasteiger partial charge in [-0.1, -0.05) is 12.1 Å². The maximum atomic E-state index is 11.3. The van der Waals surface area contributed by atoms with Crippen LogP contribution in [0.1, 0.15) is 22.3 Å². The molecule has 1 aromatic carbocycles. The summed E-state index contributed by atoms with van der Waals surface area (Å²) in [5.74, 6) is -1.21. The van der Waals surface area contributed by atoms with Gasteiger partial charge in [-0.3, -0.25) is 4.79 Å². The zero-order valence-electron chi connectivity index (χ0n) is 8.99. The second-order valence-corrected chi connectivity index (χ2v) is 3.32. The largest absolute Gasteiger partial charge is 0.478 e. The molecular formula is C12H13NO3. The Morgan fingerprint density at radius 1 is 1.50 bits per heavy atom. The molecule has 0 unspecified atom stereocenters. The normalized spacial score (nSPS) is 9.56. The van der Waals surface area contributed by atoms with Crippen molar-refractivity contribution in [3.05, 3.63) is 42.0 Å². The van der Waals surface area contributed by atoms with Crippen molar-refractivity contribution in [2.75, 3.05) is 5.32 Å². The number of carbonyl (C=O) groups is 2. The number of aromatic carboxylic acids is 1. The third kappa shape index (κ3) is 2.70. The molecule has 0 radical (unpaired) electrons. The number of hydrogen-bond acceptors (Lipinski definition) is 2. The molecule has 0 saturated carbocycles. The van der Waals surface area contributed by atoms with E-state index in [0.717, 1.165) is 0 Å². The first kappa shape index (κ1) is 12.0. The summed E-state index contributed by atoms with van der Waals surface area (Å²) in [6.07, 6.45) is 1.70. The average Bonchev–Trinajstić information content (AvgIpc) is 2.21. The Bertz CT molecular complexity index is 438. The van der Waals surface area contributed by atoms with E-state index in [1.54, 1.807) is 19.1 Å². The summed E-state index contributed by atoms with van der Waals surface area (Å²) in [5.41, 5.74) is 1.26. The highest BCUT2D eigenvalue weighted by atomic mass is 16.4. The molecule has 0 aliphatic rings. The highest BCUT2D eigenvalue weighted by Crippen LogP contribution is 2.19. The molecule has 0 spiro atoms. The quantitative estimate of drug-likeness (QED) is 0.763. The van der Waals surface area contributed by atoms with Crippen molar-refractivity contribution in [1.29, 1.82) is 0 Å². The van der Waals surface area contributed by atoms with E-state index in [1.807, 2.05) is 0 Å². The molecule has 84 valence electrons. The molecular weight excluding hydrogens is 206 g/mol. The number of benzene rings is 1. The van der Waals surface area contributed by atoms with Gasteiger partial charge >= 0.3 is 5.97 Å². The Kier molecular flexibility index (Phi) is 3.83. The van der Waals surface area contributed by atoms with Crippen LogP contribution >= 0.6 is 0 Å². The zero-order chi connectivity index (χ0) is 12.1. The Morgan fingerprint density at radius 2 is 2.19 bits per heavy atom. The summed E-state index contributed by atoms with van der Waals surface area (Å²) < 4.78 is 0. The lowest BCUT2D eigenvalue weighted by molar-refractivity contribution is -0.115. The van der Waals surface area contributed by atoms with E-state index in [9.17, 15) is 9.59 Å². The van der Waals surface area contributed by atoms with Crippen LogP contribution in [0.5, 0.6) is 0 Å². The van der Waals surface area contributed by atoms with E-state index >= 15 is 0 Å². The first-order chi connectivity index (χ1) is 7.56. The van der Waals surface area contributed by atoms with Gasteiger partial charge in [-0.2, -0.15) is 0 Å². The van der Waals surface area contributed by atoms with Crippen LogP contribution in [0.4, 0.5) is 5.69 Å². The lowest BCUT2D eigenvalue weighted by Crippen LogP contribution is -2.12. The van der Waals surface area contributed by atoms with Gasteiger partial charge in [0.25, 0.3) is 0 Å². The van der Waals surface area contributed by atoms with Gasteiger partial charge in [0.15, 0.2) is 0 Å². The number of carbonyl (C=O) groups excluding carboxylic acids is 1. The lowest BCUT2D eigenvalue weighted by atomic mass is 10.1. The molecule has 0 aromatic heterocycles. The Hall–Kier alpha value is -2.10. The summed E-state index contributed by atoms with van der Waals surface area (Å²) in [6, 6.07) is 4.77. The van der Waals surface area contributed by atoms with E-state index in [2.05, 4.69) is 11.9 Å². The molecule has 1 rings (SSSR count). The van der Waals surface area contributed by atoms with Crippen molar-refractivity contribution in [2.24, 2.45) is 0 Å². The van der Waals surface area contributed by atoms with Gasteiger partial charge in [0.05, 0.1) is 5.56 Å². The van der Waals surface area contributed by atoms with E-state index in [-0.39, 0.29) is 17.9 Å². The highest BCUT2D eigenvalue weighted by Gasteiger charge is 2.11. The maximum absolute atomic E-state index is 11.3. The van der Waals surface area contributed by atoms with Gasteiger partial charge in [0.1, 0.15) is 0 Å². The summed E-state index contributed by atoms with van der Waals surface area (Å²) in [5, 5.41) is 11.5. The SMILES string of the molecule is C=CCC(=O)Nc1cccc(C(=O)O)c1C. The number of anilines is 1. The maximum Gasteiger partial charge on any atom is 0.336 e. The van der Waals surface area contributed by atoms with Crippen molar-refractivity contribution in [3.8, 4) is 0 Å². The van der Waals surface area contributed by atoms with Crippen molar-refractivity contribution in [2.45, 2.75) is 13.3 Å². The van der Waals surface area contributed by atoms with Gasteiger partial charge in [-0.15, -0.1) is 6.58 Å². The fourth-order valence-electron chi connectivity index (χ4n) is 1.34. The van der Waals surface area contributed by atoms with Gasteiger partial charge in [0.2, 0.25) is 5.91 Å². The minimum Gasteiger partial charge on any atom is -0.478 e. The third-order valence-corrected chi connectivity index (χ3v) is 2.17. The molecule has 0 bridgehead atoms. The first-order valence-corrected chi connectivity index (χ1v) is 4.80. The Morgan fingerprint density at radius 3 is 2.75 bits per heavy atom. The highest BCUT2D eigenvalue weighted by molar-refractivity contribution is 5.96. The van der Waals surface area contributed by atoms with Crippen LogP contribution in [-0.2, 0) is 4.79 Å². The Labute approximate surface area is 93.6 Å². The van der Waals surface area contributed by atoms with Crippen LogP contribution in [0, 0.1) is 6.92 Å². The standard InChI is InChI=1S/C12H13NO3/c1-3-5-11(14)13-10-7-4-6-9(8(10)2)12(15)16/h3-4,6-7H,1,5H2,2H3,(H,13,14)(H,15,16). The molecule has 1 amide bonds. The van der Waals surface area contributed by atoms with Crippen molar-refractivity contribution < 1.29 is 14.7 Å². The van der Waals surface area contributed by atoms with E-state index < -0.39 is 5.97 Å². The number of amides is 1. The number of hydrogen-bond donors (Lipinski definition) is 2. The van der Waals surface area contributed by atoms with Gasteiger partial charge < -0.3 is 10.4 Å². The predicted molar refractivity (Wildman–Crippen MR) is 61.6 cm³/mol. The molecule has 1 aromatic rings. The van der Waals surface area contributed by atoms with Gasteiger partial charge in [0, 0.05) is 12.1 Å². The van der Waals surface area contributed by atoms with Crippen LogP contribution in [0.25, 0.3) is 0 Å². The van der Waals surface area contributed by atoms with Gasteiger partial charge in [-0.05, 0) is 24.6 Å². The molecule has 4 nitrogen and oxygen atoms in total. The fraction of sp³-hybridized carbons (Fsp3) is 0.167. The van der Waals surface area contributed by atoms with Crippen molar-refractivity contribution in [1.82, 2.24) is 0 Å². The minimum absolute atomic E-state index is 0.191. The molecule has 0 fully saturated rings. The molecule has 0 saturated heterocycles. The summed E-state index contributed by atoms with van der Waals surface area (Å²) in [6.45, 7) is 5.12. The smallest absolute Gasteiger partial charge is 0.336 e. The van der Waals surface area contributed by atoms with E-state index in [4.69, 9.17) is 5.11 Å². The number of nitrogens with one attached hydrogen (secondary N) is 1. The number of carboxylic acids is 1. The summed E-state index contributed by atoms with van der Waals surface area (Å²) in [4.78, 5) is 22.2. The predicted octanol–water partition coefficient (Wildman–Crippen LogP) is 2.21. The second-order valence-electron chi connectivity index (χ2n) is 3.32.